The second-order valence-electron chi connectivity index (χ2n) is 8.71. The molecule has 0 fully saturated rings. The zero-order chi connectivity index (χ0) is 18.5. The van der Waals surface area contributed by atoms with Crippen LogP contribution in [0.25, 0.3) is 11.1 Å². The van der Waals surface area contributed by atoms with Crippen molar-refractivity contribution in [1.82, 2.24) is 0 Å². The maximum Gasteiger partial charge on any atom is -1.00 e. The Balaban J connectivity index is 0.00000140. The number of allylic oxidation sites excluding steroid dienone is 4. The first-order chi connectivity index (χ1) is 12.4. The summed E-state index contributed by atoms with van der Waals surface area (Å²) in [7, 11) is 0. The predicted octanol–water partition coefficient (Wildman–Crippen LogP) is 0.0295. The van der Waals surface area contributed by atoms with Crippen molar-refractivity contribution in [2.75, 3.05) is 0 Å². The number of halogens is 2. The molecule has 0 amide bonds. The SMILES string of the molecule is C[C](C)=[Zr+2][c]1cccc2c1C(C1=C(C(C)(C)C)C=CC1)c1ccccc1-2.[Cl-].[Cl-]. The maximum absolute atomic E-state index is 2.41. The summed E-state index contributed by atoms with van der Waals surface area (Å²) in [4.78, 5) is 0. The van der Waals surface area contributed by atoms with Crippen LogP contribution >= 0.6 is 0 Å². The molecule has 0 saturated heterocycles. The third-order valence-electron chi connectivity index (χ3n) is 5.47. The van der Waals surface area contributed by atoms with Crippen LogP contribution in [0.5, 0.6) is 0 Å². The monoisotopic (exact) mass is 487 g/mol. The Hall–Kier alpha value is -0.747. The Morgan fingerprint density at radius 2 is 1.61 bits per heavy atom. The number of rotatable bonds is 2. The largest absolute Gasteiger partial charge is 1.00 e. The summed E-state index contributed by atoms with van der Waals surface area (Å²) in [5.41, 5.74) is 9.45. The zero-order valence-electron chi connectivity index (χ0n) is 17.2. The first-order valence-electron chi connectivity index (χ1n) is 9.57. The van der Waals surface area contributed by atoms with E-state index in [1.54, 1.807) is 23.2 Å². The van der Waals surface area contributed by atoms with Crippen molar-refractivity contribution in [3.05, 3.63) is 76.9 Å². The average molecular weight is 490 g/mol. The van der Waals surface area contributed by atoms with Gasteiger partial charge < -0.3 is 24.8 Å². The topological polar surface area (TPSA) is 0 Å². The van der Waals surface area contributed by atoms with Crippen LogP contribution in [-0.2, 0) is 22.8 Å². The van der Waals surface area contributed by atoms with Crippen LogP contribution in [0.2, 0.25) is 0 Å². The van der Waals surface area contributed by atoms with Crippen molar-refractivity contribution in [1.29, 1.82) is 0 Å². The van der Waals surface area contributed by atoms with Gasteiger partial charge in [0, 0.05) is 0 Å². The zero-order valence-corrected chi connectivity index (χ0v) is 21.2. The van der Waals surface area contributed by atoms with E-state index in [0.29, 0.717) is 5.92 Å². The van der Waals surface area contributed by atoms with Crippen molar-refractivity contribution in [3.63, 3.8) is 0 Å². The van der Waals surface area contributed by atoms with Gasteiger partial charge in [0.25, 0.3) is 0 Å². The maximum atomic E-state index is 2.41. The minimum absolute atomic E-state index is 0. The van der Waals surface area contributed by atoms with Gasteiger partial charge in [-0.05, 0) is 0 Å². The summed E-state index contributed by atoms with van der Waals surface area (Å²) in [6.07, 6.45) is 5.85. The van der Waals surface area contributed by atoms with Gasteiger partial charge in [0.15, 0.2) is 0 Å². The molecule has 0 aliphatic heterocycles. The molecule has 0 bridgehead atoms. The number of hydrogen-bond acceptors (Lipinski definition) is 0. The van der Waals surface area contributed by atoms with Gasteiger partial charge in [-0.3, -0.25) is 0 Å². The Morgan fingerprint density at radius 1 is 0.929 bits per heavy atom. The van der Waals surface area contributed by atoms with Crippen molar-refractivity contribution in [2.45, 2.75) is 47.0 Å². The molecule has 0 heterocycles. The van der Waals surface area contributed by atoms with Crippen LogP contribution in [0.4, 0.5) is 0 Å². The van der Waals surface area contributed by atoms with Crippen molar-refractivity contribution in [3.8, 4) is 11.1 Å². The van der Waals surface area contributed by atoms with Crippen LogP contribution in [-0.4, -0.2) is 3.21 Å². The van der Waals surface area contributed by atoms with Crippen LogP contribution in [0, 0.1) is 5.41 Å². The fraction of sp³-hybridized carbons (Fsp3) is 0.320. The number of benzene rings is 2. The molecule has 0 saturated carbocycles. The van der Waals surface area contributed by atoms with Gasteiger partial charge in [0.1, 0.15) is 0 Å². The molecule has 2 aromatic rings. The minimum Gasteiger partial charge on any atom is -1.00 e. The van der Waals surface area contributed by atoms with Crippen LogP contribution in [0.3, 0.4) is 0 Å². The molecule has 28 heavy (non-hydrogen) atoms. The molecule has 3 heteroatoms. The molecule has 0 spiro atoms. The van der Waals surface area contributed by atoms with Gasteiger partial charge in [-0.2, -0.15) is 0 Å². The van der Waals surface area contributed by atoms with E-state index in [2.05, 4.69) is 89.2 Å². The standard InChI is InChI=1S/C22H21.C3H6.2ClH.Zr/c1-22(2,3)20-14-8-13-19(20)21-17-11-6-4-9-15(17)16-10-5-7-12-18(16)21;1-3-2;;;/h4-11,14,21H,13H2,1-3H3;1-2H3;2*1H;/q;;;;+2/p-2. The summed E-state index contributed by atoms with van der Waals surface area (Å²) in [6.45, 7) is 11.7. The Kier molecular flexibility index (Phi) is 7.52. The van der Waals surface area contributed by atoms with Gasteiger partial charge in [-0.1, -0.05) is 0 Å². The second-order valence-corrected chi connectivity index (χ2v) is 13.1. The molecule has 2 aliphatic carbocycles. The average Bonchev–Trinajstić information content (AvgIpc) is 3.17. The normalized spacial score (nSPS) is 16.7. The molecule has 4 rings (SSSR count). The smallest absolute Gasteiger partial charge is 1.00 e. The number of fused-ring (bicyclic) bond motifs is 3. The van der Waals surface area contributed by atoms with Crippen molar-refractivity contribution in [2.24, 2.45) is 5.41 Å². The quantitative estimate of drug-likeness (QED) is 0.559. The van der Waals surface area contributed by atoms with E-state index < -0.39 is 22.8 Å². The molecule has 0 radical (unpaired) electrons. The van der Waals surface area contributed by atoms with Gasteiger partial charge >= 0.3 is 170 Å². The van der Waals surface area contributed by atoms with Crippen molar-refractivity contribution < 1.29 is 47.6 Å². The van der Waals surface area contributed by atoms with Crippen LogP contribution in [0.15, 0.2) is 65.8 Å². The Labute approximate surface area is 193 Å². The molecular formula is C25H27Cl2Zr. The number of hydrogen-bond donors (Lipinski definition) is 0. The van der Waals surface area contributed by atoms with E-state index >= 15 is 0 Å². The minimum atomic E-state index is -0.667. The first-order valence-corrected chi connectivity index (χ1v) is 12.0. The second kappa shape index (κ2) is 8.95. The molecule has 145 valence electrons. The summed E-state index contributed by atoms with van der Waals surface area (Å²) in [5, 5.41) is 0. The van der Waals surface area contributed by atoms with E-state index in [0.717, 1.165) is 6.42 Å². The molecular weight excluding hydrogens is 462 g/mol. The van der Waals surface area contributed by atoms with Crippen LogP contribution < -0.4 is 28.1 Å². The molecule has 1 unspecified atom stereocenters. The third kappa shape index (κ3) is 4.09. The van der Waals surface area contributed by atoms with E-state index in [-0.39, 0.29) is 30.2 Å². The molecule has 0 aromatic heterocycles. The third-order valence-corrected chi connectivity index (χ3v) is 8.43. The summed E-state index contributed by atoms with van der Waals surface area (Å²) >= 11 is -0.667. The summed E-state index contributed by atoms with van der Waals surface area (Å²) in [6, 6.07) is 16.1. The van der Waals surface area contributed by atoms with Crippen LogP contribution in [0.1, 0.15) is 58.1 Å². The molecule has 0 nitrogen and oxygen atoms in total. The Bertz CT molecular complexity index is 970. The Morgan fingerprint density at radius 3 is 2.29 bits per heavy atom. The van der Waals surface area contributed by atoms with E-state index in [1.807, 2.05) is 0 Å². The van der Waals surface area contributed by atoms with Crippen molar-refractivity contribution >= 4 is 6.48 Å². The molecule has 2 aromatic carbocycles. The molecule has 0 N–H and O–H groups in total. The van der Waals surface area contributed by atoms with E-state index in [1.165, 1.54) is 16.7 Å². The fourth-order valence-corrected chi connectivity index (χ4v) is 7.31. The molecule has 1 atom stereocenters. The molecule has 2 aliphatic rings. The summed E-state index contributed by atoms with van der Waals surface area (Å²) in [5.74, 6) is 0.446. The van der Waals surface area contributed by atoms with E-state index in [4.69, 9.17) is 0 Å². The summed E-state index contributed by atoms with van der Waals surface area (Å²) < 4.78 is 3.31. The van der Waals surface area contributed by atoms with Gasteiger partial charge in [0.05, 0.1) is 0 Å². The van der Waals surface area contributed by atoms with Gasteiger partial charge in [-0.25, -0.2) is 0 Å². The van der Waals surface area contributed by atoms with Gasteiger partial charge in [-0.15, -0.1) is 0 Å². The van der Waals surface area contributed by atoms with Gasteiger partial charge in [0.2, 0.25) is 0 Å². The fourth-order valence-electron chi connectivity index (χ4n) is 4.53. The van der Waals surface area contributed by atoms with E-state index in [9.17, 15) is 0 Å². The predicted molar refractivity (Wildman–Crippen MR) is 110 cm³/mol. The first kappa shape index (κ1) is 23.5.